The molecular weight excluding hydrogens is 281 g/mol. The van der Waals surface area contributed by atoms with Crippen LogP contribution in [0.1, 0.15) is 96.8 Å². The van der Waals surface area contributed by atoms with Crippen LogP contribution in [0.3, 0.4) is 0 Å². The molecule has 1 atom stereocenters. The molecule has 0 aromatic heterocycles. The van der Waals surface area contributed by atoms with E-state index in [1.807, 2.05) is 0 Å². The molecule has 0 saturated heterocycles. The summed E-state index contributed by atoms with van der Waals surface area (Å²) in [5.41, 5.74) is 5.37. The zero-order chi connectivity index (χ0) is 13.5. The zero-order valence-electron chi connectivity index (χ0n) is 12.4. The van der Waals surface area contributed by atoms with Gasteiger partial charge in [0.15, 0.2) is 0 Å². The van der Waals surface area contributed by atoms with Crippen LogP contribution in [0.25, 0.3) is 0 Å². The molecule has 0 aliphatic heterocycles. The molecule has 0 amide bonds. The van der Waals surface area contributed by atoms with Crippen molar-refractivity contribution in [1.82, 2.24) is 0 Å². The number of alkyl halides is 1. The van der Waals surface area contributed by atoms with E-state index in [9.17, 15) is 0 Å². The second kappa shape index (κ2) is 19.9. The molecule has 0 rings (SSSR count). The van der Waals surface area contributed by atoms with E-state index in [4.69, 9.17) is 17.3 Å². The van der Waals surface area contributed by atoms with Crippen molar-refractivity contribution in [3.63, 3.8) is 0 Å². The van der Waals surface area contributed by atoms with Gasteiger partial charge >= 0.3 is 51.4 Å². The van der Waals surface area contributed by atoms with Crippen molar-refractivity contribution in [3.05, 3.63) is 0 Å². The van der Waals surface area contributed by atoms with Gasteiger partial charge in [-0.2, -0.15) is 0 Å². The first-order chi connectivity index (χ1) is 8.77. The third-order valence-corrected chi connectivity index (χ3v) is 3.80. The zero-order valence-corrected chi connectivity index (χ0v) is 13.2. The van der Waals surface area contributed by atoms with E-state index in [2.05, 4.69) is 6.92 Å². The Morgan fingerprint density at radius 2 is 1.00 bits per heavy atom. The van der Waals surface area contributed by atoms with Gasteiger partial charge < -0.3 is 5.73 Å². The fraction of sp³-hybridized carbons (Fsp3) is 1.00. The molecule has 0 aromatic rings. The molecule has 112 valence electrons. The van der Waals surface area contributed by atoms with Crippen LogP contribution >= 0.6 is 11.6 Å². The summed E-state index contributed by atoms with van der Waals surface area (Å²) in [5.74, 6) is 0. The summed E-state index contributed by atoms with van der Waals surface area (Å²) in [7, 11) is 0. The van der Waals surface area contributed by atoms with Gasteiger partial charge in [0, 0.05) is 0 Å². The number of hydrogen-bond acceptors (Lipinski definition) is 1. The number of rotatable bonds is 14. The summed E-state index contributed by atoms with van der Waals surface area (Å²) in [5, 5.41) is 0. The third-order valence-electron chi connectivity index (χ3n) is 3.58. The molecule has 0 fully saturated rings. The van der Waals surface area contributed by atoms with Gasteiger partial charge in [0.25, 0.3) is 0 Å². The quantitative estimate of drug-likeness (QED) is 0.199. The summed E-state index contributed by atoms with van der Waals surface area (Å²) in [6.07, 6.45) is 19.1. The Bertz CT molecular complexity index is 154. The molecule has 0 saturated carbocycles. The maximum atomic E-state index is 5.70. The van der Waals surface area contributed by atoms with E-state index in [1.54, 1.807) is 0 Å². The average molecular weight is 316 g/mol. The summed E-state index contributed by atoms with van der Waals surface area (Å²) in [6.45, 7) is 2.28. The van der Waals surface area contributed by atoms with Crippen molar-refractivity contribution < 1.29 is 0 Å². The second-order valence-corrected chi connectivity index (χ2v) is 6.11. The second-order valence-electron chi connectivity index (χ2n) is 5.55. The van der Waals surface area contributed by atoms with E-state index in [-0.39, 0.29) is 56.9 Å². The first kappa shape index (κ1) is 23.2. The van der Waals surface area contributed by atoms with Crippen molar-refractivity contribution in [3.8, 4) is 0 Å². The van der Waals surface area contributed by atoms with Crippen molar-refractivity contribution in [2.75, 3.05) is 0 Å². The van der Waals surface area contributed by atoms with Crippen molar-refractivity contribution in [2.45, 2.75) is 102 Å². The Kier molecular flexibility index (Phi) is 24.2. The molecule has 0 aromatic carbocycles. The molecular formula is C16H35ClKN. The molecule has 2 N–H and O–H groups in total. The number of hydrogen-bond donors (Lipinski definition) is 1. The SMILES string of the molecule is CCCCCCCCCCCCCCCC(N)Cl.[KH]. The first-order valence-corrected chi connectivity index (χ1v) is 8.60. The molecule has 0 aliphatic carbocycles. The number of nitrogens with two attached hydrogens (primary N) is 1. The minimum absolute atomic E-state index is 0. The molecule has 0 aliphatic rings. The predicted molar refractivity (Wildman–Crippen MR) is 91.3 cm³/mol. The predicted octanol–water partition coefficient (Wildman–Crippen LogP) is 5.34. The van der Waals surface area contributed by atoms with Gasteiger partial charge in [0.05, 0.1) is 5.50 Å². The number of halogens is 1. The molecule has 1 nitrogen and oxygen atoms in total. The normalized spacial score (nSPS) is 12.2. The van der Waals surface area contributed by atoms with Crippen LogP contribution < -0.4 is 5.73 Å². The molecule has 19 heavy (non-hydrogen) atoms. The average Bonchev–Trinajstić information content (AvgIpc) is 2.34. The summed E-state index contributed by atoms with van der Waals surface area (Å²) in [6, 6.07) is 0. The van der Waals surface area contributed by atoms with E-state index in [1.165, 1.54) is 83.5 Å². The molecule has 0 radical (unpaired) electrons. The first-order valence-electron chi connectivity index (χ1n) is 8.17. The van der Waals surface area contributed by atoms with Gasteiger partial charge in [-0.05, 0) is 6.42 Å². The molecule has 3 heteroatoms. The molecule has 0 heterocycles. The minimum atomic E-state index is -0.127. The van der Waals surface area contributed by atoms with E-state index < -0.39 is 0 Å². The van der Waals surface area contributed by atoms with Gasteiger partial charge in [0.1, 0.15) is 0 Å². The van der Waals surface area contributed by atoms with Gasteiger partial charge in [-0.3, -0.25) is 0 Å². The summed E-state index contributed by atoms with van der Waals surface area (Å²) < 4.78 is 0. The Balaban J connectivity index is 0. The standard InChI is InChI=1S/C16H34ClN.K.H/c1-2-3-4-5-6-7-8-9-10-11-12-13-14-15-16(17)18;;/h16H,2-15,18H2,1H3;;. The van der Waals surface area contributed by atoms with Crippen LogP contribution in [0.4, 0.5) is 0 Å². The van der Waals surface area contributed by atoms with Crippen LogP contribution in [0, 0.1) is 0 Å². The Morgan fingerprint density at radius 1 is 0.684 bits per heavy atom. The van der Waals surface area contributed by atoms with E-state index >= 15 is 0 Å². The van der Waals surface area contributed by atoms with Crippen LogP contribution in [0.15, 0.2) is 0 Å². The van der Waals surface area contributed by atoms with Gasteiger partial charge in [-0.15, -0.1) is 11.6 Å². The third kappa shape index (κ3) is 22.3. The van der Waals surface area contributed by atoms with Gasteiger partial charge in [-0.25, -0.2) is 0 Å². The Morgan fingerprint density at radius 3 is 1.32 bits per heavy atom. The Labute approximate surface area is 169 Å². The topological polar surface area (TPSA) is 26.0 Å². The number of unbranched alkanes of at least 4 members (excludes halogenated alkanes) is 12. The molecule has 1 unspecified atom stereocenters. The molecule has 0 spiro atoms. The van der Waals surface area contributed by atoms with E-state index in [0.717, 1.165) is 6.42 Å². The van der Waals surface area contributed by atoms with Crippen LogP contribution in [-0.4, -0.2) is 56.9 Å². The molecule has 0 bridgehead atoms. The monoisotopic (exact) mass is 315 g/mol. The van der Waals surface area contributed by atoms with Gasteiger partial charge in [0.2, 0.25) is 0 Å². The fourth-order valence-electron chi connectivity index (χ4n) is 2.36. The van der Waals surface area contributed by atoms with Crippen molar-refractivity contribution in [1.29, 1.82) is 0 Å². The van der Waals surface area contributed by atoms with Crippen molar-refractivity contribution in [2.24, 2.45) is 5.73 Å². The Hall–Kier alpha value is 1.89. The van der Waals surface area contributed by atoms with Crippen LogP contribution in [-0.2, 0) is 0 Å². The van der Waals surface area contributed by atoms with Crippen molar-refractivity contribution >= 4 is 63.0 Å². The summed E-state index contributed by atoms with van der Waals surface area (Å²) in [4.78, 5) is 0. The fourth-order valence-corrected chi connectivity index (χ4v) is 2.51. The summed E-state index contributed by atoms with van der Waals surface area (Å²) >= 11 is 5.70. The van der Waals surface area contributed by atoms with Crippen LogP contribution in [0.2, 0.25) is 0 Å². The maximum absolute atomic E-state index is 5.70. The van der Waals surface area contributed by atoms with Crippen LogP contribution in [0.5, 0.6) is 0 Å². The van der Waals surface area contributed by atoms with E-state index in [0.29, 0.717) is 0 Å². The van der Waals surface area contributed by atoms with Gasteiger partial charge in [-0.1, -0.05) is 90.4 Å².